The first kappa shape index (κ1) is 11.5. The van der Waals surface area contributed by atoms with Crippen LogP contribution in [0.15, 0.2) is 30.3 Å². The SMILES string of the molecule is C[C@H](CN)NC(=O)CNc1ccccc1. The molecular formula is C11H17N3O. The molecule has 0 aliphatic carbocycles. The topological polar surface area (TPSA) is 67.1 Å². The summed E-state index contributed by atoms with van der Waals surface area (Å²) in [6, 6.07) is 9.63. The van der Waals surface area contributed by atoms with Gasteiger partial charge in [-0.05, 0) is 19.1 Å². The summed E-state index contributed by atoms with van der Waals surface area (Å²) >= 11 is 0. The summed E-state index contributed by atoms with van der Waals surface area (Å²) < 4.78 is 0. The molecule has 82 valence electrons. The van der Waals surface area contributed by atoms with Crippen molar-refractivity contribution in [3.63, 3.8) is 0 Å². The fourth-order valence-electron chi connectivity index (χ4n) is 1.12. The molecule has 1 aromatic carbocycles. The van der Waals surface area contributed by atoms with E-state index in [-0.39, 0.29) is 18.5 Å². The number of rotatable bonds is 5. The molecule has 0 radical (unpaired) electrons. The lowest BCUT2D eigenvalue weighted by Gasteiger charge is -2.12. The predicted molar refractivity (Wildman–Crippen MR) is 61.6 cm³/mol. The number of benzene rings is 1. The van der Waals surface area contributed by atoms with E-state index in [9.17, 15) is 4.79 Å². The average Bonchev–Trinajstić information content (AvgIpc) is 2.27. The largest absolute Gasteiger partial charge is 0.376 e. The Morgan fingerprint density at radius 2 is 2.07 bits per heavy atom. The van der Waals surface area contributed by atoms with E-state index in [1.54, 1.807) is 0 Å². The van der Waals surface area contributed by atoms with Gasteiger partial charge in [-0.2, -0.15) is 0 Å². The maximum Gasteiger partial charge on any atom is 0.239 e. The van der Waals surface area contributed by atoms with Gasteiger partial charge in [-0.25, -0.2) is 0 Å². The minimum Gasteiger partial charge on any atom is -0.376 e. The van der Waals surface area contributed by atoms with Crippen LogP contribution in [0, 0.1) is 0 Å². The van der Waals surface area contributed by atoms with Crippen molar-refractivity contribution in [3.8, 4) is 0 Å². The molecule has 0 spiro atoms. The maximum atomic E-state index is 11.4. The molecule has 1 aromatic rings. The Morgan fingerprint density at radius 1 is 1.40 bits per heavy atom. The highest BCUT2D eigenvalue weighted by atomic mass is 16.1. The third kappa shape index (κ3) is 4.46. The number of carbonyl (C=O) groups excluding carboxylic acids is 1. The molecule has 0 aliphatic rings. The second kappa shape index (κ2) is 6.03. The summed E-state index contributed by atoms with van der Waals surface area (Å²) in [5.74, 6) is -0.0446. The van der Waals surface area contributed by atoms with Crippen molar-refractivity contribution in [1.29, 1.82) is 0 Å². The van der Waals surface area contributed by atoms with Gasteiger partial charge in [0.15, 0.2) is 0 Å². The second-order valence-corrected chi connectivity index (χ2v) is 3.42. The van der Waals surface area contributed by atoms with E-state index in [1.807, 2.05) is 37.3 Å². The number of nitrogens with one attached hydrogen (secondary N) is 2. The van der Waals surface area contributed by atoms with Crippen LogP contribution in [0.3, 0.4) is 0 Å². The van der Waals surface area contributed by atoms with Gasteiger partial charge >= 0.3 is 0 Å². The van der Waals surface area contributed by atoms with E-state index in [2.05, 4.69) is 10.6 Å². The van der Waals surface area contributed by atoms with Crippen LogP contribution in [-0.4, -0.2) is 25.0 Å². The van der Waals surface area contributed by atoms with Crippen LogP contribution in [0.2, 0.25) is 0 Å². The van der Waals surface area contributed by atoms with Crippen LogP contribution in [0.1, 0.15) is 6.92 Å². The number of hydrogen-bond donors (Lipinski definition) is 3. The van der Waals surface area contributed by atoms with Gasteiger partial charge < -0.3 is 16.4 Å². The molecule has 0 bridgehead atoms. The molecule has 0 saturated carbocycles. The molecule has 0 fully saturated rings. The van der Waals surface area contributed by atoms with Crippen LogP contribution in [0.25, 0.3) is 0 Å². The summed E-state index contributed by atoms with van der Waals surface area (Å²) in [5, 5.41) is 5.79. The lowest BCUT2D eigenvalue weighted by molar-refractivity contribution is -0.119. The van der Waals surface area contributed by atoms with E-state index in [1.165, 1.54) is 0 Å². The number of para-hydroxylation sites is 1. The molecule has 1 rings (SSSR count). The molecule has 0 aromatic heterocycles. The van der Waals surface area contributed by atoms with Crippen molar-refractivity contribution < 1.29 is 4.79 Å². The van der Waals surface area contributed by atoms with Crippen molar-refractivity contribution in [2.75, 3.05) is 18.4 Å². The van der Waals surface area contributed by atoms with Crippen molar-refractivity contribution >= 4 is 11.6 Å². The smallest absolute Gasteiger partial charge is 0.239 e. The van der Waals surface area contributed by atoms with Crippen LogP contribution < -0.4 is 16.4 Å². The van der Waals surface area contributed by atoms with Gasteiger partial charge in [0.05, 0.1) is 6.54 Å². The molecule has 4 nitrogen and oxygen atoms in total. The van der Waals surface area contributed by atoms with Gasteiger partial charge in [0.2, 0.25) is 5.91 Å². The normalized spacial score (nSPS) is 11.9. The third-order valence-corrected chi connectivity index (χ3v) is 1.99. The van der Waals surface area contributed by atoms with E-state index in [0.717, 1.165) is 5.69 Å². The van der Waals surface area contributed by atoms with Crippen LogP contribution in [-0.2, 0) is 4.79 Å². The van der Waals surface area contributed by atoms with Gasteiger partial charge in [0.25, 0.3) is 0 Å². The molecule has 0 heterocycles. The van der Waals surface area contributed by atoms with Gasteiger partial charge in [0, 0.05) is 18.3 Å². The number of hydrogen-bond acceptors (Lipinski definition) is 3. The number of carbonyl (C=O) groups is 1. The first-order valence-electron chi connectivity index (χ1n) is 5.00. The average molecular weight is 207 g/mol. The fourth-order valence-corrected chi connectivity index (χ4v) is 1.12. The highest BCUT2D eigenvalue weighted by Gasteiger charge is 2.04. The number of nitrogens with two attached hydrogens (primary N) is 1. The van der Waals surface area contributed by atoms with E-state index in [4.69, 9.17) is 5.73 Å². The van der Waals surface area contributed by atoms with Gasteiger partial charge in [0.1, 0.15) is 0 Å². The first-order valence-corrected chi connectivity index (χ1v) is 5.00. The Kier molecular flexibility index (Phi) is 4.63. The summed E-state index contributed by atoms with van der Waals surface area (Å²) in [6.45, 7) is 2.60. The molecular weight excluding hydrogens is 190 g/mol. The van der Waals surface area contributed by atoms with Crippen molar-refractivity contribution in [1.82, 2.24) is 5.32 Å². The van der Waals surface area contributed by atoms with E-state index in [0.29, 0.717) is 6.54 Å². The quantitative estimate of drug-likeness (QED) is 0.661. The third-order valence-electron chi connectivity index (χ3n) is 1.99. The van der Waals surface area contributed by atoms with Crippen LogP contribution in [0.4, 0.5) is 5.69 Å². The highest BCUT2D eigenvalue weighted by molar-refractivity contribution is 5.80. The Hall–Kier alpha value is -1.55. The van der Waals surface area contributed by atoms with Gasteiger partial charge in [-0.1, -0.05) is 18.2 Å². The Bertz CT molecular complexity index is 300. The minimum atomic E-state index is -0.0446. The highest BCUT2D eigenvalue weighted by Crippen LogP contribution is 2.03. The van der Waals surface area contributed by atoms with Crippen LogP contribution >= 0.6 is 0 Å². The summed E-state index contributed by atoms with van der Waals surface area (Å²) in [7, 11) is 0. The molecule has 0 aliphatic heterocycles. The first-order chi connectivity index (χ1) is 7.22. The summed E-state index contributed by atoms with van der Waals surface area (Å²) in [6.07, 6.45) is 0. The van der Waals surface area contributed by atoms with Crippen molar-refractivity contribution in [3.05, 3.63) is 30.3 Å². The fraction of sp³-hybridized carbons (Fsp3) is 0.364. The lowest BCUT2D eigenvalue weighted by Crippen LogP contribution is -2.40. The Balaban J connectivity index is 2.29. The molecule has 15 heavy (non-hydrogen) atoms. The van der Waals surface area contributed by atoms with Gasteiger partial charge in [-0.15, -0.1) is 0 Å². The Labute approximate surface area is 89.9 Å². The molecule has 1 amide bonds. The minimum absolute atomic E-state index is 0.0232. The monoisotopic (exact) mass is 207 g/mol. The second-order valence-electron chi connectivity index (χ2n) is 3.42. The summed E-state index contributed by atoms with van der Waals surface area (Å²) in [5.41, 5.74) is 6.33. The van der Waals surface area contributed by atoms with Crippen molar-refractivity contribution in [2.45, 2.75) is 13.0 Å². The standard InChI is InChI=1S/C11H17N3O/c1-9(7-12)14-11(15)8-13-10-5-3-2-4-6-10/h2-6,9,13H,7-8,12H2,1H3,(H,14,15)/t9-/m1/s1. The van der Waals surface area contributed by atoms with E-state index >= 15 is 0 Å². The maximum absolute atomic E-state index is 11.4. The van der Waals surface area contributed by atoms with Gasteiger partial charge in [-0.3, -0.25) is 4.79 Å². The molecule has 4 N–H and O–H groups in total. The molecule has 0 unspecified atom stereocenters. The zero-order valence-corrected chi connectivity index (χ0v) is 8.86. The number of anilines is 1. The molecule has 1 atom stereocenters. The summed E-state index contributed by atoms with van der Waals surface area (Å²) in [4.78, 5) is 11.4. The van der Waals surface area contributed by atoms with Crippen LogP contribution in [0.5, 0.6) is 0 Å². The number of amides is 1. The Morgan fingerprint density at radius 3 is 2.67 bits per heavy atom. The van der Waals surface area contributed by atoms with Crippen molar-refractivity contribution in [2.24, 2.45) is 5.73 Å². The molecule has 4 heteroatoms. The predicted octanol–water partition coefficient (Wildman–Crippen LogP) is 0.562. The zero-order chi connectivity index (χ0) is 11.1. The molecule has 0 saturated heterocycles. The lowest BCUT2D eigenvalue weighted by atomic mass is 10.3. The zero-order valence-electron chi connectivity index (χ0n) is 8.86. The van der Waals surface area contributed by atoms with E-state index < -0.39 is 0 Å².